The summed E-state index contributed by atoms with van der Waals surface area (Å²) in [6.45, 7) is 0. The van der Waals surface area contributed by atoms with Crippen molar-refractivity contribution in [2.75, 3.05) is 14.1 Å². The standard InChI is InChI=1S/C13H11N3O/c1-16(2)13(17)12(9-15)7-10-3-5-11(8-14)6-4-10/h3-7H,1-2H3/b12-7-. The lowest BCUT2D eigenvalue weighted by atomic mass is 10.1. The minimum absolute atomic E-state index is 0.0692. The first kappa shape index (κ1) is 12.5. The topological polar surface area (TPSA) is 67.9 Å². The summed E-state index contributed by atoms with van der Waals surface area (Å²) in [4.78, 5) is 12.9. The lowest BCUT2D eigenvalue weighted by Crippen LogP contribution is -2.22. The van der Waals surface area contributed by atoms with Crippen molar-refractivity contribution in [1.29, 1.82) is 10.5 Å². The number of nitriles is 2. The normalized spacial score (nSPS) is 10.2. The predicted octanol–water partition coefficient (Wildman–Crippen LogP) is 1.55. The second-order valence-corrected chi connectivity index (χ2v) is 3.60. The molecule has 1 amide bonds. The van der Waals surface area contributed by atoms with Crippen LogP contribution < -0.4 is 0 Å². The van der Waals surface area contributed by atoms with Crippen molar-refractivity contribution < 1.29 is 4.79 Å². The van der Waals surface area contributed by atoms with Crippen LogP contribution in [0, 0.1) is 22.7 Å². The number of likely N-dealkylation sites (N-methyl/N-ethyl adjacent to an activating group) is 1. The van der Waals surface area contributed by atoms with Gasteiger partial charge in [-0.05, 0) is 23.8 Å². The molecule has 1 aromatic rings. The van der Waals surface area contributed by atoms with E-state index in [1.54, 1.807) is 38.4 Å². The molecule has 0 saturated carbocycles. The Labute approximate surface area is 100 Å². The number of carbonyl (C=O) groups excluding carboxylic acids is 1. The average Bonchev–Trinajstić information content (AvgIpc) is 2.35. The highest BCUT2D eigenvalue weighted by Gasteiger charge is 2.10. The summed E-state index contributed by atoms with van der Waals surface area (Å²) in [5, 5.41) is 17.5. The van der Waals surface area contributed by atoms with Crippen LogP contribution in [0.2, 0.25) is 0 Å². The number of rotatable bonds is 2. The summed E-state index contributed by atoms with van der Waals surface area (Å²) in [5.74, 6) is -0.336. The Balaban J connectivity index is 3.04. The van der Waals surface area contributed by atoms with Gasteiger partial charge in [-0.15, -0.1) is 0 Å². The maximum Gasteiger partial charge on any atom is 0.264 e. The van der Waals surface area contributed by atoms with Gasteiger partial charge in [-0.1, -0.05) is 12.1 Å². The molecule has 0 radical (unpaired) electrons. The smallest absolute Gasteiger partial charge is 0.264 e. The van der Waals surface area contributed by atoms with Gasteiger partial charge in [-0.25, -0.2) is 0 Å². The molecule has 84 valence electrons. The van der Waals surface area contributed by atoms with E-state index in [4.69, 9.17) is 10.5 Å². The zero-order chi connectivity index (χ0) is 12.8. The van der Waals surface area contributed by atoms with Gasteiger partial charge in [0.25, 0.3) is 5.91 Å². The Morgan fingerprint density at radius 2 is 1.82 bits per heavy atom. The van der Waals surface area contributed by atoms with Crippen LogP contribution in [0.3, 0.4) is 0 Å². The van der Waals surface area contributed by atoms with Crippen LogP contribution in [0.5, 0.6) is 0 Å². The third kappa shape index (κ3) is 3.19. The SMILES string of the molecule is CN(C)C(=O)/C(C#N)=C\c1ccc(C#N)cc1. The minimum Gasteiger partial charge on any atom is -0.344 e. The fourth-order valence-corrected chi connectivity index (χ4v) is 1.20. The first-order valence-electron chi connectivity index (χ1n) is 4.92. The number of carbonyl (C=O) groups is 1. The minimum atomic E-state index is -0.336. The maximum absolute atomic E-state index is 11.6. The fourth-order valence-electron chi connectivity index (χ4n) is 1.20. The second-order valence-electron chi connectivity index (χ2n) is 3.60. The van der Waals surface area contributed by atoms with Gasteiger partial charge in [0.05, 0.1) is 11.6 Å². The molecule has 0 saturated heterocycles. The van der Waals surface area contributed by atoms with Crippen LogP contribution in [0.4, 0.5) is 0 Å². The molecule has 4 nitrogen and oxygen atoms in total. The predicted molar refractivity (Wildman–Crippen MR) is 63.4 cm³/mol. The summed E-state index contributed by atoms with van der Waals surface area (Å²) in [6, 6.07) is 10.5. The van der Waals surface area contributed by atoms with Crippen LogP contribution >= 0.6 is 0 Å². The third-order valence-electron chi connectivity index (χ3n) is 2.11. The lowest BCUT2D eigenvalue weighted by Gasteiger charge is -2.08. The van der Waals surface area contributed by atoms with Crippen LogP contribution in [0.15, 0.2) is 29.8 Å². The van der Waals surface area contributed by atoms with E-state index in [2.05, 4.69) is 0 Å². The van der Waals surface area contributed by atoms with Crippen molar-refractivity contribution in [1.82, 2.24) is 4.90 Å². The molecule has 0 heterocycles. The van der Waals surface area contributed by atoms with Crippen molar-refractivity contribution in [3.8, 4) is 12.1 Å². The molecular weight excluding hydrogens is 214 g/mol. The van der Waals surface area contributed by atoms with Crippen molar-refractivity contribution in [2.24, 2.45) is 0 Å². The van der Waals surface area contributed by atoms with E-state index in [9.17, 15) is 4.79 Å². The first-order valence-corrected chi connectivity index (χ1v) is 4.92. The van der Waals surface area contributed by atoms with E-state index in [1.807, 2.05) is 12.1 Å². The highest BCUT2D eigenvalue weighted by molar-refractivity contribution is 6.01. The molecular formula is C13H11N3O. The number of nitrogens with zero attached hydrogens (tertiary/aromatic N) is 3. The fraction of sp³-hybridized carbons (Fsp3) is 0.154. The van der Waals surface area contributed by atoms with E-state index < -0.39 is 0 Å². The zero-order valence-electron chi connectivity index (χ0n) is 9.64. The molecule has 0 fully saturated rings. The molecule has 0 aromatic heterocycles. The van der Waals surface area contributed by atoms with E-state index in [1.165, 1.54) is 11.0 Å². The molecule has 0 aliphatic rings. The molecule has 0 bridgehead atoms. The van der Waals surface area contributed by atoms with Gasteiger partial charge < -0.3 is 4.90 Å². The van der Waals surface area contributed by atoms with Crippen molar-refractivity contribution in [2.45, 2.75) is 0 Å². The maximum atomic E-state index is 11.6. The van der Waals surface area contributed by atoms with Gasteiger partial charge in [0.15, 0.2) is 0 Å². The quantitative estimate of drug-likeness (QED) is 0.566. The van der Waals surface area contributed by atoms with Gasteiger partial charge in [0, 0.05) is 14.1 Å². The summed E-state index contributed by atoms with van der Waals surface area (Å²) in [6.07, 6.45) is 1.50. The highest BCUT2D eigenvalue weighted by Crippen LogP contribution is 2.09. The Kier molecular flexibility index (Phi) is 4.02. The van der Waals surface area contributed by atoms with Crippen molar-refractivity contribution in [3.05, 3.63) is 41.0 Å². The molecule has 1 rings (SSSR count). The van der Waals surface area contributed by atoms with Gasteiger partial charge >= 0.3 is 0 Å². The van der Waals surface area contributed by atoms with E-state index in [0.717, 1.165) is 5.56 Å². The second kappa shape index (κ2) is 5.48. The van der Waals surface area contributed by atoms with Gasteiger partial charge in [0.1, 0.15) is 11.6 Å². The molecule has 1 aromatic carbocycles. The number of hydrogen-bond acceptors (Lipinski definition) is 3. The van der Waals surface area contributed by atoms with Crippen LogP contribution in [-0.4, -0.2) is 24.9 Å². The summed E-state index contributed by atoms with van der Waals surface area (Å²) in [7, 11) is 3.18. The molecule has 0 aliphatic heterocycles. The molecule has 0 N–H and O–H groups in total. The zero-order valence-corrected chi connectivity index (χ0v) is 9.64. The van der Waals surface area contributed by atoms with Crippen molar-refractivity contribution in [3.63, 3.8) is 0 Å². The van der Waals surface area contributed by atoms with E-state index in [-0.39, 0.29) is 11.5 Å². The van der Waals surface area contributed by atoms with Crippen molar-refractivity contribution >= 4 is 12.0 Å². The molecule has 0 atom stereocenters. The first-order chi connectivity index (χ1) is 8.08. The summed E-state index contributed by atoms with van der Waals surface area (Å²) in [5.41, 5.74) is 1.33. The number of hydrogen-bond donors (Lipinski definition) is 0. The van der Waals surface area contributed by atoms with Gasteiger partial charge in [-0.3, -0.25) is 4.79 Å². The third-order valence-corrected chi connectivity index (χ3v) is 2.11. The average molecular weight is 225 g/mol. The molecule has 17 heavy (non-hydrogen) atoms. The Hall–Kier alpha value is -2.59. The Morgan fingerprint density at radius 1 is 1.24 bits per heavy atom. The lowest BCUT2D eigenvalue weighted by molar-refractivity contribution is -0.124. The van der Waals surface area contributed by atoms with Crippen LogP contribution in [0.1, 0.15) is 11.1 Å². The molecule has 0 unspecified atom stereocenters. The van der Waals surface area contributed by atoms with E-state index >= 15 is 0 Å². The highest BCUT2D eigenvalue weighted by atomic mass is 16.2. The Bertz CT molecular complexity index is 527. The largest absolute Gasteiger partial charge is 0.344 e. The van der Waals surface area contributed by atoms with Gasteiger partial charge in [0.2, 0.25) is 0 Å². The Morgan fingerprint density at radius 3 is 2.24 bits per heavy atom. The van der Waals surface area contributed by atoms with Crippen LogP contribution in [-0.2, 0) is 4.79 Å². The molecule has 4 heteroatoms. The van der Waals surface area contributed by atoms with Gasteiger partial charge in [-0.2, -0.15) is 10.5 Å². The van der Waals surface area contributed by atoms with E-state index in [0.29, 0.717) is 5.56 Å². The molecule has 0 spiro atoms. The summed E-state index contributed by atoms with van der Waals surface area (Å²) < 4.78 is 0. The number of amides is 1. The number of benzene rings is 1. The molecule has 0 aliphatic carbocycles. The monoisotopic (exact) mass is 225 g/mol. The van der Waals surface area contributed by atoms with Crippen LogP contribution in [0.25, 0.3) is 6.08 Å². The summed E-state index contributed by atoms with van der Waals surface area (Å²) >= 11 is 0.